The first kappa shape index (κ1) is 15.1. The van der Waals surface area contributed by atoms with Crippen molar-refractivity contribution in [3.05, 3.63) is 84.2 Å². The van der Waals surface area contributed by atoms with E-state index < -0.39 is 11.7 Å². The molecule has 0 atom stereocenters. The fraction of sp³-hybridized carbons (Fsp3) is 0. The van der Waals surface area contributed by atoms with Crippen LogP contribution in [0.15, 0.2) is 77.2 Å². The van der Waals surface area contributed by atoms with Crippen molar-refractivity contribution in [3.8, 4) is 11.5 Å². The van der Waals surface area contributed by atoms with E-state index in [1.807, 2.05) is 30.3 Å². The molecule has 0 spiro atoms. The third-order valence-electron chi connectivity index (χ3n) is 3.82. The molecule has 0 aliphatic heterocycles. The molecule has 4 aromatic rings. The molecule has 0 saturated heterocycles. The Morgan fingerprint density at radius 3 is 2.48 bits per heavy atom. The number of hydrogen-bond donors (Lipinski definition) is 1. The smallest absolute Gasteiger partial charge is 0.258 e. The summed E-state index contributed by atoms with van der Waals surface area (Å²) >= 11 is 0. The summed E-state index contributed by atoms with van der Waals surface area (Å²) < 4.78 is 19.6. The van der Waals surface area contributed by atoms with Crippen molar-refractivity contribution in [1.29, 1.82) is 0 Å². The van der Waals surface area contributed by atoms with Gasteiger partial charge in [-0.1, -0.05) is 36.4 Å². The van der Waals surface area contributed by atoms with Gasteiger partial charge in [-0.2, -0.15) is 0 Å². The van der Waals surface area contributed by atoms with Gasteiger partial charge in [0, 0.05) is 0 Å². The van der Waals surface area contributed by atoms with Crippen molar-refractivity contribution in [2.45, 2.75) is 0 Å². The SMILES string of the molecule is O=C(Nc1ccccc1-c1nc2ccccc2o1)c1ccccc1F. The second-order valence-electron chi connectivity index (χ2n) is 5.47. The number of aromatic nitrogens is 1. The molecule has 0 radical (unpaired) electrons. The average molecular weight is 332 g/mol. The standard InChI is InChI=1S/C20H13FN2O2/c21-15-9-3-1-7-13(15)19(24)22-16-10-4-2-8-14(16)20-23-17-11-5-6-12-18(17)25-20/h1-12H,(H,22,24). The van der Waals surface area contributed by atoms with Crippen LogP contribution < -0.4 is 5.32 Å². The van der Waals surface area contributed by atoms with Gasteiger partial charge in [0.05, 0.1) is 16.8 Å². The van der Waals surface area contributed by atoms with Gasteiger partial charge in [-0.25, -0.2) is 9.37 Å². The summed E-state index contributed by atoms with van der Waals surface area (Å²) in [6.45, 7) is 0. The highest BCUT2D eigenvalue weighted by Gasteiger charge is 2.16. The molecule has 1 heterocycles. The number of benzene rings is 3. The highest BCUT2D eigenvalue weighted by atomic mass is 19.1. The molecule has 0 aliphatic carbocycles. The minimum Gasteiger partial charge on any atom is -0.436 e. The molecular formula is C20H13FN2O2. The maximum atomic E-state index is 13.8. The summed E-state index contributed by atoms with van der Waals surface area (Å²) in [6.07, 6.45) is 0. The molecule has 4 nitrogen and oxygen atoms in total. The second-order valence-corrected chi connectivity index (χ2v) is 5.47. The Bertz CT molecular complexity index is 1040. The molecule has 0 saturated carbocycles. The van der Waals surface area contributed by atoms with Crippen molar-refractivity contribution in [3.63, 3.8) is 0 Å². The van der Waals surface area contributed by atoms with Crippen LogP contribution in [0.25, 0.3) is 22.6 Å². The number of nitrogens with zero attached hydrogens (tertiary/aromatic N) is 1. The lowest BCUT2D eigenvalue weighted by molar-refractivity contribution is 0.102. The van der Waals surface area contributed by atoms with Crippen molar-refractivity contribution < 1.29 is 13.6 Å². The first-order valence-electron chi connectivity index (χ1n) is 7.73. The van der Waals surface area contributed by atoms with E-state index in [1.54, 1.807) is 30.3 Å². The molecule has 122 valence electrons. The molecule has 0 unspecified atom stereocenters. The Morgan fingerprint density at radius 1 is 0.920 bits per heavy atom. The van der Waals surface area contributed by atoms with Crippen LogP contribution in [0.3, 0.4) is 0 Å². The summed E-state index contributed by atoms with van der Waals surface area (Å²) in [5.41, 5.74) is 2.50. The van der Waals surface area contributed by atoms with E-state index in [0.29, 0.717) is 22.7 Å². The number of halogens is 1. The molecule has 3 aromatic carbocycles. The third-order valence-corrected chi connectivity index (χ3v) is 3.82. The summed E-state index contributed by atoms with van der Waals surface area (Å²) in [5, 5.41) is 2.73. The zero-order chi connectivity index (χ0) is 17.2. The lowest BCUT2D eigenvalue weighted by Gasteiger charge is -2.09. The summed E-state index contributed by atoms with van der Waals surface area (Å²) in [7, 11) is 0. The van der Waals surface area contributed by atoms with E-state index in [9.17, 15) is 9.18 Å². The number of amides is 1. The fourth-order valence-electron chi connectivity index (χ4n) is 2.60. The van der Waals surface area contributed by atoms with Gasteiger partial charge >= 0.3 is 0 Å². The van der Waals surface area contributed by atoms with Gasteiger partial charge in [-0.3, -0.25) is 4.79 Å². The van der Waals surface area contributed by atoms with Crippen LogP contribution in [0.5, 0.6) is 0 Å². The van der Waals surface area contributed by atoms with Crippen molar-refractivity contribution in [2.75, 3.05) is 5.32 Å². The Balaban J connectivity index is 1.72. The van der Waals surface area contributed by atoms with Gasteiger partial charge in [-0.05, 0) is 36.4 Å². The van der Waals surface area contributed by atoms with E-state index in [-0.39, 0.29) is 5.56 Å². The summed E-state index contributed by atoms with van der Waals surface area (Å²) in [6, 6.07) is 20.4. The van der Waals surface area contributed by atoms with Crippen molar-refractivity contribution >= 4 is 22.7 Å². The van der Waals surface area contributed by atoms with Crippen LogP contribution in [-0.4, -0.2) is 10.9 Å². The Morgan fingerprint density at radius 2 is 1.64 bits per heavy atom. The molecule has 0 fully saturated rings. The lowest BCUT2D eigenvalue weighted by Crippen LogP contribution is -2.14. The molecular weight excluding hydrogens is 319 g/mol. The number of para-hydroxylation sites is 3. The Kier molecular flexibility index (Phi) is 3.74. The Labute approximate surface area is 142 Å². The quantitative estimate of drug-likeness (QED) is 0.581. The van der Waals surface area contributed by atoms with Crippen LogP contribution in [0, 0.1) is 5.82 Å². The monoisotopic (exact) mass is 332 g/mol. The topological polar surface area (TPSA) is 55.1 Å². The average Bonchev–Trinajstić information content (AvgIpc) is 3.06. The highest BCUT2D eigenvalue weighted by molar-refractivity contribution is 6.06. The minimum atomic E-state index is -0.570. The van der Waals surface area contributed by atoms with Crippen LogP contribution in [0.2, 0.25) is 0 Å². The van der Waals surface area contributed by atoms with E-state index in [0.717, 1.165) is 5.52 Å². The van der Waals surface area contributed by atoms with Crippen molar-refractivity contribution in [1.82, 2.24) is 4.98 Å². The van der Waals surface area contributed by atoms with Gasteiger partial charge in [0.1, 0.15) is 11.3 Å². The van der Waals surface area contributed by atoms with Crippen LogP contribution in [-0.2, 0) is 0 Å². The fourth-order valence-corrected chi connectivity index (χ4v) is 2.60. The van der Waals surface area contributed by atoms with E-state index in [4.69, 9.17) is 4.42 Å². The number of hydrogen-bond acceptors (Lipinski definition) is 3. The first-order chi connectivity index (χ1) is 12.2. The molecule has 1 N–H and O–H groups in total. The van der Waals surface area contributed by atoms with Crippen molar-refractivity contribution in [2.24, 2.45) is 0 Å². The molecule has 4 rings (SSSR count). The second kappa shape index (κ2) is 6.20. The number of rotatable bonds is 3. The normalized spacial score (nSPS) is 10.8. The molecule has 25 heavy (non-hydrogen) atoms. The largest absolute Gasteiger partial charge is 0.436 e. The van der Waals surface area contributed by atoms with Gasteiger partial charge in [0.2, 0.25) is 5.89 Å². The molecule has 0 aliphatic rings. The van der Waals surface area contributed by atoms with Crippen LogP contribution >= 0.6 is 0 Å². The lowest BCUT2D eigenvalue weighted by atomic mass is 10.1. The predicted octanol–water partition coefficient (Wildman–Crippen LogP) is 4.89. The molecule has 5 heteroatoms. The third kappa shape index (κ3) is 2.87. The number of nitrogens with one attached hydrogen (secondary N) is 1. The van der Waals surface area contributed by atoms with Gasteiger partial charge in [0.25, 0.3) is 5.91 Å². The highest BCUT2D eigenvalue weighted by Crippen LogP contribution is 2.30. The number of anilines is 1. The number of fused-ring (bicyclic) bond motifs is 1. The van der Waals surface area contributed by atoms with Crippen LogP contribution in [0.1, 0.15) is 10.4 Å². The first-order valence-corrected chi connectivity index (χ1v) is 7.73. The van der Waals surface area contributed by atoms with E-state index in [2.05, 4.69) is 10.3 Å². The minimum absolute atomic E-state index is 0.0186. The zero-order valence-corrected chi connectivity index (χ0v) is 13.1. The summed E-state index contributed by atoms with van der Waals surface area (Å²) in [4.78, 5) is 16.8. The summed E-state index contributed by atoms with van der Waals surface area (Å²) in [5.74, 6) is -0.702. The molecule has 0 bridgehead atoms. The van der Waals surface area contributed by atoms with Gasteiger partial charge in [0.15, 0.2) is 5.58 Å². The van der Waals surface area contributed by atoms with E-state index in [1.165, 1.54) is 12.1 Å². The molecule has 1 aromatic heterocycles. The van der Waals surface area contributed by atoms with E-state index >= 15 is 0 Å². The molecule has 1 amide bonds. The van der Waals surface area contributed by atoms with Gasteiger partial charge < -0.3 is 9.73 Å². The predicted molar refractivity (Wildman–Crippen MR) is 93.8 cm³/mol. The number of carbonyl (C=O) groups is 1. The number of carbonyl (C=O) groups excluding carboxylic acids is 1. The number of oxazole rings is 1. The maximum Gasteiger partial charge on any atom is 0.258 e. The van der Waals surface area contributed by atoms with Gasteiger partial charge in [-0.15, -0.1) is 0 Å². The maximum absolute atomic E-state index is 13.8. The van der Waals surface area contributed by atoms with Crippen LogP contribution in [0.4, 0.5) is 10.1 Å². The Hall–Kier alpha value is -3.47. The zero-order valence-electron chi connectivity index (χ0n) is 13.1.